The maximum Gasteiger partial charge on any atom is 0.334 e. The standard InChI is InChI=1S/C32H29Cl2FN6O4S/c1-2-11-39-17-28(43)40-26(13-19-3-7-22(42)8-4-19)31(44)38(15-21-6-10-25(35)30-29(21)37-18-46-30)16-27(40)41(39)32(45)36-14-20-5-9-23(33)24(34)12-20/h2-10,12,18,26-27,42H,1,11,13-17H2,(H,36,45)/t26-,27-/m0/s1. The lowest BCUT2D eigenvalue weighted by Gasteiger charge is -2.55. The fourth-order valence-corrected chi connectivity index (χ4v) is 6.97. The van der Waals surface area contributed by atoms with E-state index in [9.17, 15) is 23.9 Å². The highest BCUT2D eigenvalue weighted by Crippen LogP contribution is 2.32. The zero-order valence-electron chi connectivity index (χ0n) is 24.4. The zero-order chi connectivity index (χ0) is 32.5. The molecule has 6 rings (SSSR count). The first kappa shape index (κ1) is 31.7. The Bertz CT molecular complexity index is 1820. The molecule has 2 aliphatic heterocycles. The number of nitrogens with one attached hydrogen (secondary N) is 1. The van der Waals surface area contributed by atoms with E-state index in [1.807, 2.05) is 0 Å². The number of urea groups is 1. The van der Waals surface area contributed by atoms with E-state index in [1.54, 1.807) is 57.9 Å². The molecule has 238 valence electrons. The Morgan fingerprint density at radius 1 is 1.11 bits per heavy atom. The number of piperazine rings is 1. The minimum atomic E-state index is -0.960. The number of aromatic hydroxyl groups is 1. The van der Waals surface area contributed by atoms with Gasteiger partial charge in [-0.05, 0) is 47.0 Å². The van der Waals surface area contributed by atoms with Crippen molar-refractivity contribution in [3.8, 4) is 5.75 Å². The second kappa shape index (κ2) is 13.2. The highest BCUT2D eigenvalue weighted by molar-refractivity contribution is 7.16. The van der Waals surface area contributed by atoms with E-state index in [1.165, 1.54) is 39.4 Å². The number of benzene rings is 3. The summed E-state index contributed by atoms with van der Waals surface area (Å²) in [5, 5.41) is 16.5. The fraction of sp³-hybridized carbons (Fsp3) is 0.250. The first-order chi connectivity index (χ1) is 22.1. The molecule has 4 amide bonds. The summed E-state index contributed by atoms with van der Waals surface area (Å²) in [4.78, 5) is 49.4. The van der Waals surface area contributed by atoms with Gasteiger partial charge in [0.05, 0.1) is 38.9 Å². The molecule has 3 heterocycles. The Hall–Kier alpha value is -4.23. The van der Waals surface area contributed by atoms with Gasteiger partial charge in [-0.1, -0.05) is 53.5 Å². The van der Waals surface area contributed by atoms with E-state index in [2.05, 4.69) is 16.9 Å². The predicted molar refractivity (Wildman–Crippen MR) is 174 cm³/mol. The number of carbonyl (C=O) groups is 3. The van der Waals surface area contributed by atoms with Gasteiger partial charge < -0.3 is 20.2 Å². The van der Waals surface area contributed by atoms with Crippen molar-refractivity contribution < 1.29 is 23.9 Å². The van der Waals surface area contributed by atoms with Crippen LogP contribution < -0.4 is 5.32 Å². The van der Waals surface area contributed by atoms with Crippen molar-refractivity contribution in [1.29, 1.82) is 0 Å². The van der Waals surface area contributed by atoms with Crippen LogP contribution >= 0.6 is 34.5 Å². The van der Waals surface area contributed by atoms with Gasteiger partial charge in [0.2, 0.25) is 11.8 Å². The number of phenols is 1. The molecule has 0 spiro atoms. The number of hydrazine groups is 1. The second-order valence-electron chi connectivity index (χ2n) is 11.0. The lowest BCUT2D eigenvalue weighted by Crippen LogP contribution is -2.76. The van der Waals surface area contributed by atoms with Crippen molar-refractivity contribution in [2.24, 2.45) is 0 Å². The molecular formula is C32H29Cl2FN6O4S. The molecule has 14 heteroatoms. The molecule has 4 aromatic rings. The van der Waals surface area contributed by atoms with Crippen LogP contribution in [0.3, 0.4) is 0 Å². The summed E-state index contributed by atoms with van der Waals surface area (Å²) in [7, 11) is 0. The molecule has 1 aromatic heterocycles. The predicted octanol–water partition coefficient (Wildman–Crippen LogP) is 5.18. The Labute approximate surface area is 278 Å². The molecule has 2 saturated heterocycles. The summed E-state index contributed by atoms with van der Waals surface area (Å²) in [5.41, 5.74) is 4.09. The summed E-state index contributed by atoms with van der Waals surface area (Å²) in [5.74, 6) is -0.967. The number of nitrogens with zero attached hydrogens (tertiary/aromatic N) is 5. The molecule has 0 bridgehead atoms. The van der Waals surface area contributed by atoms with E-state index in [0.717, 1.165) is 11.1 Å². The fourth-order valence-electron chi connectivity index (χ4n) is 5.91. The minimum absolute atomic E-state index is 0.00645. The van der Waals surface area contributed by atoms with E-state index in [0.29, 0.717) is 25.8 Å². The molecule has 10 nitrogen and oxygen atoms in total. The van der Waals surface area contributed by atoms with Crippen LogP contribution in [0.1, 0.15) is 16.7 Å². The van der Waals surface area contributed by atoms with E-state index in [4.69, 9.17) is 23.2 Å². The monoisotopic (exact) mass is 682 g/mol. The molecule has 0 saturated carbocycles. The largest absolute Gasteiger partial charge is 0.508 e. The first-order valence-electron chi connectivity index (χ1n) is 14.4. The van der Waals surface area contributed by atoms with Gasteiger partial charge in [-0.3, -0.25) is 9.59 Å². The number of aromatic nitrogens is 1. The number of phenolic OH excluding ortho intramolecular Hbond substituents is 1. The Morgan fingerprint density at radius 2 is 1.87 bits per heavy atom. The number of halogens is 3. The molecule has 0 unspecified atom stereocenters. The number of carbonyl (C=O) groups excluding carboxylic acids is 3. The minimum Gasteiger partial charge on any atom is -0.508 e. The molecule has 0 aliphatic carbocycles. The summed E-state index contributed by atoms with van der Waals surface area (Å²) in [6.45, 7) is 4.06. The molecular weight excluding hydrogens is 654 g/mol. The number of thiazole rings is 1. The SMILES string of the molecule is C=CCN1CC(=O)N2[C@@H](Cc3ccc(O)cc3)C(=O)N(Cc3ccc(F)c4scnc34)C[C@@H]2N1C(=O)NCc1ccc(Cl)c(Cl)c1. The summed E-state index contributed by atoms with van der Waals surface area (Å²) in [6.07, 6.45) is 0.869. The van der Waals surface area contributed by atoms with E-state index in [-0.39, 0.29) is 56.7 Å². The highest BCUT2D eigenvalue weighted by Gasteiger charge is 2.51. The van der Waals surface area contributed by atoms with Gasteiger partial charge >= 0.3 is 6.03 Å². The summed E-state index contributed by atoms with van der Waals surface area (Å²) < 4.78 is 14.9. The van der Waals surface area contributed by atoms with Gasteiger partial charge in [-0.25, -0.2) is 24.2 Å². The van der Waals surface area contributed by atoms with E-state index >= 15 is 0 Å². The van der Waals surface area contributed by atoms with Crippen LogP contribution in [0.5, 0.6) is 5.75 Å². The van der Waals surface area contributed by atoms with Crippen molar-refractivity contribution in [2.45, 2.75) is 31.7 Å². The molecule has 0 radical (unpaired) electrons. The number of hydrogen-bond donors (Lipinski definition) is 2. The van der Waals surface area contributed by atoms with Crippen LogP contribution in [0.15, 0.2) is 72.8 Å². The summed E-state index contributed by atoms with van der Waals surface area (Å²) >= 11 is 13.4. The number of hydrogen-bond acceptors (Lipinski definition) is 7. The zero-order valence-corrected chi connectivity index (χ0v) is 26.7. The van der Waals surface area contributed by atoms with E-state index < -0.39 is 24.1 Å². The Morgan fingerprint density at radius 3 is 2.61 bits per heavy atom. The molecule has 2 atom stereocenters. The third-order valence-electron chi connectivity index (χ3n) is 8.05. The highest BCUT2D eigenvalue weighted by atomic mass is 35.5. The lowest BCUT2D eigenvalue weighted by molar-refractivity contribution is -0.189. The first-order valence-corrected chi connectivity index (χ1v) is 16.0. The van der Waals surface area contributed by atoms with Gasteiger partial charge in [-0.15, -0.1) is 17.9 Å². The van der Waals surface area contributed by atoms with Gasteiger partial charge in [0.15, 0.2) is 0 Å². The normalized spacial score (nSPS) is 18.6. The van der Waals surface area contributed by atoms with Crippen LogP contribution in [0.25, 0.3) is 10.2 Å². The van der Waals surface area contributed by atoms with Crippen molar-refractivity contribution in [1.82, 2.24) is 30.1 Å². The topological polar surface area (TPSA) is 109 Å². The van der Waals surface area contributed by atoms with Crippen LogP contribution in [0.4, 0.5) is 9.18 Å². The molecule has 2 fully saturated rings. The van der Waals surface area contributed by atoms with Gasteiger partial charge in [0.1, 0.15) is 23.8 Å². The molecule has 2 N–H and O–H groups in total. The third-order valence-corrected chi connectivity index (χ3v) is 9.63. The van der Waals surface area contributed by atoms with Gasteiger partial charge in [-0.2, -0.15) is 0 Å². The van der Waals surface area contributed by atoms with Crippen LogP contribution in [-0.4, -0.2) is 79.6 Å². The molecule has 3 aromatic carbocycles. The number of rotatable bonds is 8. The third kappa shape index (κ3) is 6.25. The average molecular weight is 684 g/mol. The van der Waals surface area contributed by atoms with Crippen molar-refractivity contribution >= 4 is 62.6 Å². The van der Waals surface area contributed by atoms with Crippen LogP contribution in [0, 0.1) is 5.82 Å². The molecule has 2 aliphatic rings. The summed E-state index contributed by atoms with van der Waals surface area (Å²) in [6, 6.07) is 13.0. The maximum absolute atomic E-state index is 14.5. The van der Waals surface area contributed by atoms with Crippen LogP contribution in [-0.2, 0) is 29.1 Å². The van der Waals surface area contributed by atoms with Gasteiger partial charge in [0.25, 0.3) is 0 Å². The Balaban J connectivity index is 1.36. The average Bonchev–Trinajstić information content (AvgIpc) is 3.54. The van der Waals surface area contributed by atoms with Crippen LogP contribution in [0.2, 0.25) is 10.0 Å². The quantitative estimate of drug-likeness (QED) is 0.248. The molecule has 46 heavy (non-hydrogen) atoms. The smallest absolute Gasteiger partial charge is 0.334 e. The lowest BCUT2D eigenvalue weighted by atomic mass is 9.98. The van der Waals surface area contributed by atoms with Gasteiger partial charge in [0, 0.05) is 26.1 Å². The number of amides is 4. The second-order valence-corrected chi connectivity index (χ2v) is 12.7. The van der Waals surface area contributed by atoms with Crippen molar-refractivity contribution in [2.75, 3.05) is 19.6 Å². The van der Waals surface area contributed by atoms with Crippen molar-refractivity contribution in [3.63, 3.8) is 0 Å². The maximum atomic E-state index is 14.5. The van der Waals surface area contributed by atoms with Crippen molar-refractivity contribution in [3.05, 3.63) is 105 Å². The Kier molecular flexibility index (Phi) is 9.14. The number of fused-ring (bicyclic) bond motifs is 2.